The molecule has 0 aliphatic carbocycles. The molecule has 0 saturated heterocycles. The van der Waals surface area contributed by atoms with Gasteiger partial charge in [-0.3, -0.25) is 9.59 Å². The number of ketones is 1. The van der Waals surface area contributed by atoms with E-state index in [-0.39, 0.29) is 24.0 Å². The molecular formula is C20H16N2O5. The Kier molecular flexibility index (Phi) is 3.21. The number of carbonyl (C=O) groups is 2. The van der Waals surface area contributed by atoms with Crippen molar-refractivity contribution in [3.05, 3.63) is 53.2 Å². The predicted molar refractivity (Wildman–Crippen MR) is 96.4 cm³/mol. The van der Waals surface area contributed by atoms with Gasteiger partial charge in [0.25, 0.3) is 0 Å². The van der Waals surface area contributed by atoms with Crippen LogP contribution in [0.5, 0.6) is 17.2 Å². The summed E-state index contributed by atoms with van der Waals surface area (Å²) in [5, 5.41) is 13.3. The summed E-state index contributed by atoms with van der Waals surface area (Å²) in [5.41, 5.74) is 2.77. The number of rotatable bonds is 2. The van der Waals surface area contributed by atoms with Crippen molar-refractivity contribution in [1.82, 2.24) is 10.3 Å². The number of Topliss-reactive ketones (excluding diaryl/α,β-unsaturated/α-hetero) is 1. The summed E-state index contributed by atoms with van der Waals surface area (Å²) in [6.45, 7) is -0.0580. The van der Waals surface area contributed by atoms with E-state index in [9.17, 15) is 14.7 Å². The molecule has 0 saturated carbocycles. The Labute approximate surface area is 153 Å². The summed E-state index contributed by atoms with van der Waals surface area (Å²) in [6.07, 6.45) is 1.09. The molecule has 0 unspecified atom stereocenters. The van der Waals surface area contributed by atoms with Crippen LogP contribution in [0, 0.1) is 0 Å². The number of hydrogen-bond donors (Lipinski definition) is 3. The number of phenols is 1. The molecule has 0 fully saturated rings. The van der Waals surface area contributed by atoms with E-state index in [0.717, 1.165) is 10.9 Å². The lowest BCUT2D eigenvalue weighted by atomic mass is 9.86. The number of H-pyrrole nitrogens is 1. The first-order chi connectivity index (χ1) is 13.1. The van der Waals surface area contributed by atoms with E-state index < -0.39 is 12.0 Å². The minimum atomic E-state index is -0.611. The van der Waals surface area contributed by atoms with E-state index in [0.29, 0.717) is 28.2 Å². The van der Waals surface area contributed by atoms with Crippen molar-refractivity contribution in [2.24, 2.45) is 0 Å². The summed E-state index contributed by atoms with van der Waals surface area (Å²) in [7, 11) is 1.47. The summed E-state index contributed by atoms with van der Waals surface area (Å²) < 4.78 is 11.3. The normalized spacial score (nSPS) is 20.8. The number of carbonyl (C=O) groups excluding carboxylic acids is 2. The van der Waals surface area contributed by atoms with E-state index in [1.54, 1.807) is 18.3 Å². The van der Waals surface area contributed by atoms with Crippen LogP contribution in [-0.2, 0) is 4.79 Å². The van der Waals surface area contributed by atoms with Crippen LogP contribution in [0.25, 0.3) is 10.9 Å². The molecule has 7 heteroatoms. The number of benzene rings is 2. The first-order valence-electron chi connectivity index (χ1n) is 8.57. The standard InChI is InChI=1S/C20H16N2O5/c1-26-15-6-9(2-4-12(15)23)19-18-17-14(27-19)5-3-11-16(17)10(7-21-11)13(24)8-22-20(18)25/h2-7,18-19,21,23H,8H2,1H3,(H,22,25)/t18-,19+/m0/s1. The van der Waals surface area contributed by atoms with Gasteiger partial charge in [0, 0.05) is 28.2 Å². The third kappa shape index (κ3) is 2.14. The maximum Gasteiger partial charge on any atom is 0.232 e. The monoisotopic (exact) mass is 364 g/mol. The number of aromatic amines is 1. The number of ether oxygens (including phenoxy) is 2. The topological polar surface area (TPSA) is 101 Å². The average Bonchev–Trinajstić information content (AvgIpc) is 3.26. The van der Waals surface area contributed by atoms with Crippen molar-refractivity contribution in [2.45, 2.75) is 12.0 Å². The third-order valence-corrected chi connectivity index (χ3v) is 5.25. The fraction of sp³-hybridized carbons (Fsp3) is 0.200. The molecule has 136 valence electrons. The first kappa shape index (κ1) is 15.7. The van der Waals surface area contributed by atoms with Gasteiger partial charge >= 0.3 is 0 Å². The molecular weight excluding hydrogens is 348 g/mol. The number of methoxy groups -OCH3 is 1. The van der Waals surface area contributed by atoms with Crippen molar-refractivity contribution < 1.29 is 24.2 Å². The molecule has 27 heavy (non-hydrogen) atoms. The minimum Gasteiger partial charge on any atom is -0.504 e. The molecule has 2 aliphatic rings. The van der Waals surface area contributed by atoms with Crippen LogP contribution in [0.15, 0.2) is 36.5 Å². The fourth-order valence-corrected chi connectivity index (χ4v) is 3.99. The molecule has 3 aromatic rings. The molecule has 3 heterocycles. The number of amides is 1. The van der Waals surface area contributed by atoms with Crippen LogP contribution < -0.4 is 14.8 Å². The lowest BCUT2D eigenvalue weighted by Gasteiger charge is -2.21. The fourth-order valence-electron chi connectivity index (χ4n) is 3.99. The smallest absolute Gasteiger partial charge is 0.232 e. The van der Waals surface area contributed by atoms with E-state index in [2.05, 4.69) is 10.3 Å². The van der Waals surface area contributed by atoms with Crippen LogP contribution in [0.1, 0.15) is 33.5 Å². The lowest BCUT2D eigenvalue weighted by Crippen LogP contribution is -2.36. The molecule has 5 rings (SSSR count). The highest BCUT2D eigenvalue weighted by Gasteiger charge is 2.44. The molecule has 0 bridgehead atoms. The van der Waals surface area contributed by atoms with Gasteiger partial charge in [0.05, 0.1) is 13.7 Å². The van der Waals surface area contributed by atoms with Gasteiger partial charge in [-0.1, -0.05) is 6.07 Å². The maximum atomic E-state index is 12.9. The van der Waals surface area contributed by atoms with E-state index in [4.69, 9.17) is 9.47 Å². The van der Waals surface area contributed by atoms with Gasteiger partial charge in [-0.2, -0.15) is 0 Å². The molecule has 2 atom stereocenters. The Hall–Kier alpha value is -3.48. The minimum absolute atomic E-state index is 0.0137. The molecule has 1 amide bonds. The molecule has 2 aliphatic heterocycles. The maximum absolute atomic E-state index is 12.9. The second-order valence-electron chi connectivity index (χ2n) is 6.69. The van der Waals surface area contributed by atoms with Crippen LogP contribution in [0.3, 0.4) is 0 Å². The van der Waals surface area contributed by atoms with Gasteiger partial charge in [0.15, 0.2) is 17.3 Å². The lowest BCUT2D eigenvalue weighted by molar-refractivity contribution is -0.123. The van der Waals surface area contributed by atoms with Gasteiger partial charge in [-0.05, 0) is 29.8 Å². The third-order valence-electron chi connectivity index (χ3n) is 5.25. The Morgan fingerprint density at radius 3 is 2.89 bits per heavy atom. The second kappa shape index (κ2) is 5.51. The highest BCUT2D eigenvalue weighted by atomic mass is 16.5. The molecule has 7 nitrogen and oxygen atoms in total. The summed E-state index contributed by atoms with van der Waals surface area (Å²) in [6, 6.07) is 8.55. The van der Waals surface area contributed by atoms with Gasteiger partial charge in [-0.15, -0.1) is 0 Å². The van der Waals surface area contributed by atoms with E-state index in [1.807, 2.05) is 12.1 Å². The van der Waals surface area contributed by atoms with Crippen molar-refractivity contribution in [1.29, 1.82) is 0 Å². The van der Waals surface area contributed by atoms with Crippen LogP contribution in [0.4, 0.5) is 0 Å². The quantitative estimate of drug-likeness (QED) is 0.648. The van der Waals surface area contributed by atoms with Gasteiger partial charge in [0.1, 0.15) is 17.8 Å². The van der Waals surface area contributed by atoms with E-state index >= 15 is 0 Å². The average molecular weight is 364 g/mol. The number of hydrogen-bond acceptors (Lipinski definition) is 5. The van der Waals surface area contributed by atoms with Gasteiger partial charge in [0.2, 0.25) is 5.91 Å². The molecule has 0 radical (unpaired) electrons. The predicted octanol–water partition coefficient (Wildman–Crippen LogP) is 2.41. The highest BCUT2D eigenvalue weighted by Crippen LogP contribution is 2.51. The first-order valence-corrected chi connectivity index (χ1v) is 8.57. The molecule has 0 spiro atoms. The SMILES string of the molecule is COc1cc([C@H]2Oc3ccc4[nH]cc5c4c3[C@@H]2C(=O)NCC5=O)ccc1O. The number of phenolic OH excluding ortho intramolecular Hbond substituents is 1. The summed E-state index contributed by atoms with van der Waals surface area (Å²) in [4.78, 5) is 28.5. The summed E-state index contributed by atoms with van der Waals surface area (Å²) >= 11 is 0. The zero-order valence-electron chi connectivity index (χ0n) is 14.4. The van der Waals surface area contributed by atoms with E-state index in [1.165, 1.54) is 13.2 Å². The van der Waals surface area contributed by atoms with Gasteiger partial charge in [-0.25, -0.2) is 0 Å². The molecule has 2 aromatic carbocycles. The highest BCUT2D eigenvalue weighted by molar-refractivity contribution is 6.13. The number of nitrogens with one attached hydrogen (secondary N) is 2. The van der Waals surface area contributed by atoms with Crippen molar-refractivity contribution in [3.8, 4) is 17.2 Å². The largest absolute Gasteiger partial charge is 0.504 e. The Morgan fingerprint density at radius 1 is 1.22 bits per heavy atom. The Balaban J connectivity index is 1.74. The van der Waals surface area contributed by atoms with Crippen LogP contribution >= 0.6 is 0 Å². The van der Waals surface area contributed by atoms with Gasteiger partial charge < -0.3 is 24.9 Å². The van der Waals surface area contributed by atoms with Crippen LogP contribution in [0.2, 0.25) is 0 Å². The number of aromatic nitrogens is 1. The zero-order valence-corrected chi connectivity index (χ0v) is 14.4. The number of aromatic hydroxyl groups is 1. The summed E-state index contributed by atoms with van der Waals surface area (Å²) in [5.74, 6) is -0.119. The Morgan fingerprint density at radius 2 is 2.07 bits per heavy atom. The zero-order chi connectivity index (χ0) is 18.7. The van der Waals surface area contributed by atoms with Crippen molar-refractivity contribution in [2.75, 3.05) is 13.7 Å². The Bertz CT molecular complexity index is 1120. The second-order valence-corrected chi connectivity index (χ2v) is 6.69. The van der Waals surface area contributed by atoms with Crippen molar-refractivity contribution in [3.63, 3.8) is 0 Å². The van der Waals surface area contributed by atoms with Crippen molar-refractivity contribution >= 4 is 22.6 Å². The molecule has 1 aromatic heterocycles. The molecule has 3 N–H and O–H groups in total. The van der Waals surface area contributed by atoms with Crippen LogP contribution in [-0.4, -0.2) is 35.4 Å².